The molecular weight excluding hydrogens is 236 g/mol. The molecule has 1 aromatic heterocycles. The summed E-state index contributed by atoms with van der Waals surface area (Å²) in [5.74, 6) is 0.768. The summed E-state index contributed by atoms with van der Waals surface area (Å²) in [6.45, 7) is 1.81. The smallest absolute Gasteiger partial charge is 0.119 e. The first-order chi connectivity index (χ1) is 9.26. The van der Waals surface area contributed by atoms with E-state index in [1.807, 2.05) is 43.3 Å². The second-order valence-electron chi connectivity index (χ2n) is 4.09. The van der Waals surface area contributed by atoms with Crippen molar-refractivity contribution in [3.8, 4) is 11.8 Å². The van der Waals surface area contributed by atoms with E-state index in [2.05, 4.69) is 11.1 Å². The summed E-state index contributed by atoms with van der Waals surface area (Å²) in [4.78, 5) is 4.12. The number of aromatic nitrogens is 1. The summed E-state index contributed by atoms with van der Waals surface area (Å²) in [7, 11) is 1.63. The van der Waals surface area contributed by atoms with Crippen LogP contribution in [0, 0.1) is 11.3 Å². The largest absolute Gasteiger partial charge is 0.497 e. The fourth-order valence-electron chi connectivity index (χ4n) is 1.94. The quantitative estimate of drug-likeness (QED) is 0.784. The topological polar surface area (TPSA) is 45.9 Å². The predicted molar refractivity (Wildman–Crippen MR) is 74.5 cm³/mol. The number of rotatable bonds is 3. The Kier molecular flexibility index (Phi) is 3.94. The van der Waals surface area contributed by atoms with Crippen molar-refractivity contribution in [1.29, 1.82) is 5.26 Å². The summed E-state index contributed by atoms with van der Waals surface area (Å²) in [5.41, 5.74) is 3.41. The van der Waals surface area contributed by atoms with Crippen molar-refractivity contribution in [2.75, 3.05) is 7.11 Å². The third kappa shape index (κ3) is 2.80. The molecule has 0 fully saturated rings. The number of nitrogens with zero attached hydrogens (tertiary/aromatic N) is 2. The molecule has 1 heterocycles. The molecular formula is C16H14N2O. The van der Waals surface area contributed by atoms with Crippen LogP contribution in [-0.2, 0) is 0 Å². The zero-order valence-corrected chi connectivity index (χ0v) is 10.9. The molecule has 2 aromatic rings. The Morgan fingerprint density at radius 1 is 1.21 bits per heavy atom. The van der Waals surface area contributed by atoms with Gasteiger partial charge in [-0.15, -0.1) is 0 Å². The van der Waals surface area contributed by atoms with E-state index in [1.165, 1.54) is 0 Å². The molecule has 0 amide bonds. The highest BCUT2D eigenvalue weighted by molar-refractivity contribution is 5.83. The summed E-state index contributed by atoms with van der Waals surface area (Å²) in [6.07, 6.45) is 3.48. The highest BCUT2D eigenvalue weighted by Gasteiger charge is 2.10. The van der Waals surface area contributed by atoms with Gasteiger partial charge in [-0.3, -0.25) is 4.98 Å². The lowest BCUT2D eigenvalue weighted by Crippen LogP contribution is -1.93. The molecule has 3 heteroatoms. The molecule has 94 valence electrons. The summed E-state index contributed by atoms with van der Waals surface area (Å²) in [6, 6.07) is 13.7. The van der Waals surface area contributed by atoms with E-state index in [9.17, 15) is 5.26 Å². The Bertz CT molecular complexity index is 639. The number of hydrogen-bond acceptors (Lipinski definition) is 3. The van der Waals surface area contributed by atoms with Crippen LogP contribution in [0.1, 0.15) is 18.1 Å². The average Bonchev–Trinajstić information content (AvgIpc) is 2.48. The van der Waals surface area contributed by atoms with Gasteiger partial charge in [0.1, 0.15) is 5.75 Å². The van der Waals surface area contributed by atoms with Gasteiger partial charge in [0, 0.05) is 29.1 Å². The molecule has 2 rings (SSSR count). The Balaban J connectivity index is 2.61. The second kappa shape index (κ2) is 5.83. The normalized spacial score (nSPS) is 11.4. The lowest BCUT2D eigenvalue weighted by atomic mass is 9.95. The molecule has 0 N–H and O–H groups in total. The van der Waals surface area contributed by atoms with Gasteiger partial charge in [-0.05, 0) is 30.7 Å². The Morgan fingerprint density at radius 2 is 2.00 bits per heavy atom. The van der Waals surface area contributed by atoms with Crippen LogP contribution < -0.4 is 4.74 Å². The zero-order valence-electron chi connectivity index (χ0n) is 10.9. The third-order valence-corrected chi connectivity index (χ3v) is 2.85. The Hall–Kier alpha value is -2.60. The van der Waals surface area contributed by atoms with Crippen molar-refractivity contribution in [2.45, 2.75) is 6.92 Å². The van der Waals surface area contributed by atoms with E-state index >= 15 is 0 Å². The molecule has 0 atom stereocenters. The Morgan fingerprint density at radius 3 is 2.63 bits per heavy atom. The first kappa shape index (κ1) is 12.8. The van der Waals surface area contributed by atoms with Gasteiger partial charge in [0.05, 0.1) is 13.2 Å². The lowest BCUT2D eigenvalue weighted by Gasteiger charge is -2.10. The molecule has 0 aliphatic heterocycles. The van der Waals surface area contributed by atoms with Gasteiger partial charge in [0.2, 0.25) is 0 Å². The molecule has 0 aliphatic carbocycles. The molecule has 0 saturated heterocycles. The third-order valence-electron chi connectivity index (χ3n) is 2.85. The van der Waals surface area contributed by atoms with Crippen molar-refractivity contribution in [1.82, 2.24) is 4.98 Å². The molecule has 0 spiro atoms. The number of nitriles is 1. The average molecular weight is 250 g/mol. The minimum absolute atomic E-state index is 0.654. The molecule has 19 heavy (non-hydrogen) atoms. The maximum absolute atomic E-state index is 9.19. The molecule has 0 unspecified atom stereocenters. The van der Waals surface area contributed by atoms with Crippen LogP contribution in [0.4, 0.5) is 0 Å². The molecule has 0 saturated carbocycles. The molecule has 3 nitrogen and oxygen atoms in total. The Labute approximate surface area is 112 Å². The van der Waals surface area contributed by atoms with Crippen molar-refractivity contribution >= 4 is 5.57 Å². The molecule has 0 aliphatic rings. The van der Waals surface area contributed by atoms with Crippen molar-refractivity contribution in [2.24, 2.45) is 0 Å². The first-order valence-corrected chi connectivity index (χ1v) is 5.92. The minimum atomic E-state index is 0.654. The van der Waals surface area contributed by atoms with Gasteiger partial charge in [0.15, 0.2) is 0 Å². The van der Waals surface area contributed by atoms with Crippen LogP contribution in [0.25, 0.3) is 5.57 Å². The van der Waals surface area contributed by atoms with Crippen LogP contribution in [0.15, 0.2) is 54.4 Å². The van der Waals surface area contributed by atoms with Crippen molar-refractivity contribution in [3.05, 3.63) is 65.5 Å². The lowest BCUT2D eigenvalue weighted by molar-refractivity contribution is 0.414. The van der Waals surface area contributed by atoms with Gasteiger partial charge in [-0.25, -0.2) is 0 Å². The van der Waals surface area contributed by atoms with Crippen molar-refractivity contribution < 1.29 is 4.74 Å². The summed E-state index contributed by atoms with van der Waals surface area (Å²) < 4.78 is 5.23. The number of benzene rings is 1. The summed E-state index contributed by atoms with van der Waals surface area (Å²) in [5, 5.41) is 9.19. The SMILES string of the molecule is COc1cccc(/C(=C(\C)C#N)c2cccnc2)c1. The fourth-order valence-corrected chi connectivity index (χ4v) is 1.94. The minimum Gasteiger partial charge on any atom is -0.497 e. The monoisotopic (exact) mass is 250 g/mol. The van der Waals surface area contributed by atoms with Crippen LogP contribution in [0.3, 0.4) is 0 Å². The van der Waals surface area contributed by atoms with Gasteiger partial charge in [-0.2, -0.15) is 5.26 Å². The summed E-state index contributed by atoms with van der Waals surface area (Å²) >= 11 is 0. The van der Waals surface area contributed by atoms with Crippen LogP contribution >= 0.6 is 0 Å². The van der Waals surface area contributed by atoms with Gasteiger partial charge >= 0.3 is 0 Å². The van der Waals surface area contributed by atoms with E-state index in [0.717, 1.165) is 22.4 Å². The molecule has 1 aromatic carbocycles. The van der Waals surface area contributed by atoms with Crippen LogP contribution in [-0.4, -0.2) is 12.1 Å². The number of hydrogen-bond donors (Lipinski definition) is 0. The predicted octanol–water partition coefficient (Wildman–Crippen LogP) is 3.44. The van der Waals surface area contributed by atoms with Crippen molar-refractivity contribution in [3.63, 3.8) is 0 Å². The van der Waals surface area contributed by atoms with Crippen LogP contribution in [0.5, 0.6) is 5.75 Å². The maximum atomic E-state index is 9.19. The van der Waals surface area contributed by atoms with E-state index in [4.69, 9.17) is 4.74 Å². The van der Waals surface area contributed by atoms with E-state index in [0.29, 0.717) is 5.57 Å². The van der Waals surface area contributed by atoms with Gasteiger partial charge in [-0.1, -0.05) is 18.2 Å². The number of allylic oxidation sites excluding steroid dienone is 1. The highest BCUT2D eigenvalue weighted by Crippen LogP contribution is 2.28. The number of methoxy groups -OCH3 is 1. The first-order valence-electron chi connectivity index (χ1n) is 5.92. The van der Waals surface area contributed by atoms with Gasteiger partial charge < -0.3 is 4.74 Å². The van der Waals surface area contributed by atoms with E-state index in [-0.39, 0.29) is 0 Å². The number of pyridine rings is 1. The molecule has 0 radical (unpaired) electrons. The van der Waals surface area contributed by atoms with E-state index < -0.39 is 0 Å². The van der Waals surface area contributed by atoms with Crippen LogP contribution in [0.2, 0.25) is 0 Å². The maximum Gasteiger partial charge on any atom is 0.119 e. The highest BCUT2D eigenvalue weighted by atomic mass is 16.5. The standard InChI is InChI=1S/C16H14N2O/c1-12(10-17)16(14-6-4-8-18-11-14)13-5-3-7-15(9-13)19-2/h3-9,11H,1-2H3/b16-12-. The number of ether oxygens (including phenoxy) is 1. The molecule has 0 bridgehead atoms. The van der Waals surface area contributed by atoms with E-state index in [1.54, 1.807) is 19.5 Å². The second-order valence-corrected chi connectivity index (χ2v) is 4.09. The van der Waals surface area contributed by atoms with Gasteiger partial charge in [0.25, 0.3) is 0 Å². The fraction of sp³-hybridized carbons (Fsp3) is 0.125. The zero-order chi connectivity index (χ0) is 13.7.